The van der Waals surface area contributed by atoms with Crippen molar-refractivity contribution in [3.8, 4) is 0 Å². The van der Waals surface area contributed by atoms with Crippen molar-refractivity contribution < 1.29 is 0 Å². The molecule has 0 fully saturated rings. The molecule has 35 heavy (non-hydrogen) atoms. The van der Waals surface area contributed by atoms with E-state index >= 15 is 0 Å². The third-order valence-electron chi connectivity index (χ3n) is 8.19. The van der Waals surface area contributed by atoms with Crippen LogP contribution in [0.25, 0.3) is 11.1 Å². The van der Waals surface area contributed by atoms with Crippen LogP contribution in [0.15, 0.2) is 109 Å². The van der Waals surface area contributed by atoms with Gasteiger partial charge in [0.1, 0.15) is 0 Å². The first kappa shape index (κ1) is 22.1. The minimum absolute atomic E-state index is 0.412. The number of benzene rings is 4. The monoisotopic (exact) mass is 468 g/mol. The van der Waals surface area contributed by atoms with E-state index in [1.54, 1.807) is 0 Å². The highest BCUT2D eigenvalue weighted by molar-refractivity contribution is 7.20. The Morgan fingerprint density at radius 1 is 0.486 bits per heavy atom. The molecule has 2 unspecified atom stereocenters. The molecule has 0 N–H and O–H groups in total. The van der Waals surface area contributed by atoms with E-state index in [1.165, 1.54) is 54.1 Å². The number of rotatable bonds is 4. The van der Waals surface area contributed by atoms with Crippen LogP contribution in [0.4, 0.5) is 0 Å². The number of fused-ring (bicyclic) bond motifs is 2. The van der Waals surface area contributed by atoms with Gasteiger partial charge in [0.15, 0.2) is 8.07 Å². The molecule has 0 bridgehead atoms. The van der Waals surface area contributed by atoms with Crippen molar-refractivity contribution in [3.63, 3.8) is 0 Å². The second-order valence-corrected chi connectivity index (χ2v) is 14.0. The maximum absolute atomic E-state index is 2.62. The van der Waals surface area contributed by atoms with Crippen LogP contribution in [-0.2, 0) is 0 Å². The van der Waals surface area contributed by atoms with E-state index in [9.17, 15) is 0 Å². The van der Waals surface area contributed by atoms with Gasteiger partial charge in [-0.25, -0.2) is 0 Å². The lowest BCUT2D eigenvalue weighted by atomic mass is 10.0. The molecule has 0 amide bonds. The van der Waals surface area contributed by atoms with Crippen molar-refractivity contribution in [2.75, 3.05) is 0 Å². The summed E-state index contributed by atoms with van der Waals surface area (Å²) >= 11 is 0. The van der Waals surface area contributed by atoms with E-state index in [1.807, 2.05) is 0 Å². The van der Waals surface area contributed by atoms with Gasteiger partial charge in [0.25, 0.3) is 0 Å². The van der Waals surface area contributed by atoms with Gasteiger partial charge in [-0.1, -0.05) is 123 Å². The lowest BCUT2D eigenvalue weighted by Gasteiger charge is -2.38. The normalized spacial score (nSPS) is 18.6. The molecule has 6 rings (SSSR count). The van der Waals surface area contributed by atoms with Gasteiger partial charge in [-0.3, -0.25) is 0 Å². The molecule has 0 spiro atoms. The zero-order valence-corrected chi connectivity index (χ0v) is 22.0. The largest absolute Gasteiger partial charge is 0.180 e. The summed E-state index contributed by atoms with van der Waals surface area (Å²) in [5.41, 5.74) is 8.71. The highest BCUT2D eigenvalue weighted by Gasteiger charge is 2.46. The van der Waals surface area contributed by atoms with Crippen LogP contribution in [0.2, 0.25) is 0 Å². The Morgan fingerprint density at radius 3 is 1.29 bits per heavy atom. The first-order valence-corrected chi connectivity index (χ1v) is 14.8. The summed E-state index contributed by atoms with van der Waals surface area (Å²) in [6, 6.07) is 36.9. The Kier molecular flexibility index (Phi) is 5.27. The Balaban J connectivity index is 1.82. The Labute approximate surface area is 210 Å². The predicted octanol–water partition coefficient (Wildman–Crippen LogP) is 6.10. The fourth-order valence-corrected chi connectivity index (χ4v) is 12.3. The van der Waals surface area contributed by atoms with Gasteiger partial charge in [0, 0.05) is 11.8 Å². The second kappa shape index (κ2) is 8.36. The van der Waals surface area contributed by atoms with E-state index in [4.69, 9.17) is 0 Å². The van der Waals surface area contributed by atoms with Crippen LogP contribution in [0.1, 0.15) is 61.8 Å². The molecule has 1 heteroatoms. The molecule has 2 aliphatic carbocycles. The summed E-state index contributed by atoms with van der Waals surface area (Å²) in [7, 11) is -2.62. The molecule has 0 aromatic heterocycles. The lowest BCUT2D eigenvalue weighted by Crippen LogP contribution is -2.76. The highest BCUT2D eigenvalue weighted by atomic mass is 28.3. The van der Waals surface area contributed by atoms with Crippen LogP contribution in [0.3, 0.4) is 0 Å². The average molecular weight is 469 g/mol. The van der Waals surface area contributed by atoms with Crippen molar-refractivity contribution in [1.82, 2.24) is 0 Å². The maximum atomic E-state index is 2.45. The zero-order chi connectivity index (χ0) is 24.2. The van der Waals surface area contributed by atoms with E-state index < -0.39 is 8.07 Å². The summed E-state index contributed by atoms with van der Waals surface area (Å²) in [5, 5.41) is 6.00. The first-order valence-electron chi connectivity index (χ1n) is 12.8. The summed E-state index contributed by atoms with van der Waals surface area (Å²) < 4.78 is 0. The van der Waals surface area contributed by atoms with Gasteiger partial charge in [0.2, 0.25) is 0 Å². The summed E-state index contributed by atoms with van der Waals surface area (Å²) in [4.78, 5) is 0. The Hall–Kier alpha value is -3.42. The van der Waals surface area contributed by atoms with Crippen LogP contribution in [0.5, 0.6) is 0 Å². The SMILES string of the molecule is CC1=CC(C)c2c1cccc2[Si](c1ccccc1)(c1ccccc1)c1cccc2c1C(C)C=C2C. The molecule has 2 aliphatic rings. The van der Waals surface area contributed by atoms with Crippen molar-refractivity contribution in [1.29, 1.82) is 0 Å². The molecule has 0 aliphatic heterocycles. The van der Waals surface area contributed by atoms with Gasteiger partial charge in [-0.2, -0.15) is 0 Å². The van der Waals surface area contributed by atoms with Gasteiger partial charge >= 0.3 is 0 Å². The second-order valence-electron chi connectivity index (χ2n) is 10.3. The lowest BCUT2D eigenvalue weighted by molar-refractivity contribution is 0.994. The molecule has 0 saturated carbocycles. The van der Waals surface area contributed by atoms with Gasteiger partial charge in [-0.05, 0) is 68.0 Å². The fraction of sp³-hybridized carbons (Fsp3) is 0.176. The molecular formula is C34H32Si. The van der Waals surface area contributed by atoms with Crippen molar-refractivity contribution in [2.45, 2.75) is 39.5 Å². The zero-order valence-electron chi connectivity index (χ0n) is 21.0. The molecular weight excluding hydrogens is 436 g/mol. The molecule has 0 saturated heterocycles. The average Bonchev–Trinajstić information content (AvgIpc) is 3.35. The smallest absolute Gasteiger partial charge is 0.0737 e. The third-order valence-corrected chi connectivity index (χ3v) is 13.1. The van der Waals surface area contributed by atoms with Gasteiger partial charge < -0.3 is 0 Å². The van der Waals surface area contributed by atoms with Crippen LogP contribution in [-0.4, -0.2) is 8.07 Å². The van der Waals surface area contributed by atoms with Gasteiger partial charge in [-0.15, -0.1) is 0 Å². The topological polar surface area (TPSA) is 0 Å². The number of hydrogen-bond donors (Lipinski definition) is 0. The van der Waals surface area contributed by atoms with E-state index in [0.29, 0.717) is 11.8 Å². The Bertz CT molecular complexity index is 1360. The molecule has 0 heterocycles. The molecule has 2 atom stereocenters. The van der Waals surface area contributed by atoms with E-state index in [-0.39, 0.29) is 0 Å². The number of hydrogen-bond acceptors (Lipinski definition) is 0. The maximum Gasteiger partial charge on any atom is 0.180 e. The molecule has 172 valence electrons. The van der Waals surface area contributed by atoms with Crippen LogP contribution >= 0.6 is 0 Å². The molecule has 0 nitrogen and oxygen atoms in total. The minimum Gasteiger partial charge on any atom is -0.0737 e. The number of allylic oxidation sites excluding steroid dienone is 4. The molecule has 0 radical (unpaired) electrons. The van der Waals surface area contributed by atoms with Gasteiger partial charge in [0.05, 0.1) is 0 Å². The third kappa shape index (κ3) is 3.18. The molecule has 4 aromatic carbocycles. The molecule has 4 aromatic rings. The quantitative estimate of drug-likeness (QED) is 0.251. The van der Waals surface area contributed by atoms with Crippen molar-refractivity contribution in [2.24, 2.45) is 0 Å². The van der Waals surface area contributed by atoms with Crippen LogP contribution in [0, 0.1) is 0 Å². The highest BCUT2D eigenvalue weighted by Crippen LogP contribution is 2.38. The van der Waals surface area contributed by atoms with Crippen LogP contribution < -0.4 is 20.7 Å². The first-order chi connectivity index (χ1) is 17.0. The van der Waals surface area contributed by atoms with E-state index in [0.717, 1.165) is 0 Å². The van der Waals surface area contributed by atoms with Crippen molar-refractivity contribution in [3.05, 3.63) is 131 Å². The fourth-order valence-electron chi connectivity index (χ4n) is 6.86. The standard InChI is InChI=1S/C34H32Si/c1-23-21-25(3)33-29(23)17-11-19-31(33)35(27-13-7-5-8-14-27,28-15-9-6-10-16-28)32-20-12-18-30-24(2)22-26(4)34(30)32/h5-22,25-26H,1-4H3. The Morgan fingerprint density at radius 2 is 0.886 bits per heavy atom. The van der Waals surface area contributed by atoms with Crippen molar-refractivity contribution >= 4 is 40.0 Å². The van der Waals surface area contributed by atoms with E-state index in [2.05, 4.69) is 137 Å². The summed E-state index contributed by atoms with van der Waals surface area (Å²) in [5.74, 6) is 0.823. The summed E-state index contributed by atoms with van der Waals surface area (Å²) in [6.45, 7) is 9.29. The summed E-state index contributed by atoms with van der Waals surface area (Å²) in [6.07, 6.45) is 4.90. The minimum atomic E-state index is -2.62. The predicted molar refractivity (Wildman–Crippen MR) is 154 cm³/mol.